The highest BCUT2D eigenvalue weighted by molar-refractivity contribution is 9.10. The zero-order valence-electron chi connectivity index (χ0n) is 7.91. The van der Waals surface area contributed by atoms with Gasteiger partial charge >= 0.3 is 0 Å². The van der Waals surface area contributed by atoms with Gasteiger partial charge in [0.05, 0.1) is 6.10 Å². The molecule has 1 aliphatic rings. The van der Waals surface area contributed by atoms with Crippen LogP contribution in [-0.2, 0) is 6.42 Å². The first-order valence-electron chi connectivity index (χ1n) is 4.89. The second-order valence-corrected chi connectivity index (χ2v) is 4.74. The predicted molar refractivity (Wildman–Crippen MR) is 60.2 cm³/mol. The van der Waals surface area contributed by atoms with E-state index in [9.17, 15) is 5.11 Å². The number of aliphatic hydroxyl groups is 1. The first-order valence-corrected chi connectivity index (χ1v) is 5.68. The van der Waals surface area contributed by atoms with Gasteiger partial charge in [-0.25, -0.2) is 0 Å². The number of aliphatic hydroxyl groups excluding tert-OH is 1. The Morgan fingerprint density at radius 1 is 1.50 bits per heavy atom. The van der Waals surface area contributed by atoms with Gasteiger partial charge in [-0.1, -0.05) is 28.1 Å². The van der Waals surface area contributed by atoms with Crippen molar-refractivity contribution in [2.45, 2.75) is 12.5 Å². The Balaban J connectivity index is 1.95. The van der Waals surface area contributed by atoms with Crippen LogP contribution in [0.5, 0.6) is 0 Å². The molecule has 1 heterocycles. The van der Waals surface area contributed by atoms with E-state index in [0.717, 1.165) is 24.0 Å². The third-order valence-electron chi connectivity index (χ3n) is 2.69. The summed E-state index contributed by atoms with van der Waals surface area (Å²) in [5.74, 6) is 0.439. The molecule has 1 aromatic rings. The average Bonchev–Trinajstić information content (AvgIpc) is 1.99. The van der Waals surface area contributed by atoms with E-state index in [0.29, 0.717) is 5.92 Å². The Morgan fingerprint density at radius 2 is 2.29 bits per heavy atom. The number of hydrogen-bond acceptors (Lipinski definition) is 2. The molecular formula is C11H14BrNO. The lowest BCUT2D eigenvalue weighted by molar-refractivity contribution is 0.0772. The number of halogens is 1. The van der Waals surface area contributed by atoms with Crippen LogP contribution in [0, 0.1) is 5.92 Å². The second-order valence-electron chi connectivity index (χ2n) is 3.82. The fraction of sp³-hybridized carbons (Fsp3) is 0.455. The molecule has 2 N–H and O–H groups in total. The molecule has 2 rings (SSSR count). The van der Waals surface area contributed by atoms with Gasteiger partial charge in [0.25, 0.3) is 0 Å². The van der Waals surface area contributed by atoms with Crippen molar-refractivity contribution in [3.8, 4) is 0 Å². The number of benzene rings is 1. The van der Waals surface area contributed by atoms with Crippen molar-refractivity contribution in [1.82, 2.24) is 5.32 Å². The van der Waals surface area contributed by atoms with Crippen molar-refractivity contribution in [3.05, 3.63) is 34.3 Å². The van der Waals surface area contributed by atoms with Crippen LogP contribution in [0.25, 0.3) is 0 Å². The van der Waals surface area contributed by atoms with Gasteiger partial charge in [-0.05, 0) is 24.1 Å². The fourth-order valence-corrected chi connectivity index (χ4v) is 2.10. The van der Waals surface area contributed by atoms with Crippen LogP contribution in [0.3, 0.4) is 0 Å². The van der Waals surface area contributed by atoms with Crippen LogP contribution in [0.4, 0.5) is 0 Å². The summed E-state index contributed by atoms with van der Waals surface area (Å²) >= 11 is 3.43. The van der Waals surface area contributed by atoms with Crippen molar-refractivity contribution in [2.75, 3.05) is 13.1 Å². The Morgan fingerprint density at radius 3 is 2.86 bits per heavy atom. The molecule has 1 unspecified atom stereocenters. The van der Waals surface area contributed by atoms with Crippen LogP contribution in [0.2, 0.25) is 0 Å². The van der Waals surface area contributed by atoms with Crippen LogP contribution in [0.15, 0.2) is 28.7 Å². The summed E-state index contributed by atoms with van der Waals surface area (Å²) in [7, 11) is 0. The van der Waals surface area contributed by atoms with E-state index in [1.807, 2.05) is 12.1 Å². The van der Waals surface area contributed by atoms with Crippen molar-refractivity contribution < 1.29 is 5.11 Å². The summed E-state index contributed by atoms with van der Waals surface area (Å²) < 4.78 is 1.08. The largest absolute Gasteiger partial charge is 0.392 e. The zero-order chi connectivity index (χ0) is 9.97. The van der Waals surface area contributed by atoms with Gasteiger partial charge in [-0.2, -0.15) is 0 Å². The molecule has 1 saturated heterocycles. The lowest BCUT2D eigenvalue weighted by Gasteiger charge is -2.31. The van der Waals surface area contributed by atoms with Crippen molar-refractivity contribution in [2.24, 2.45) is 5.92 Å². The fourth-order valence-electron chi connectivity index (χ4n) is 1.66. The molecule has 1 aliphatic heterocycles. The summed E-state index contributed by atoms with van der Waals surface area (Å²) in [5.41, 5.74) is 1.19. The molecule has 76 valence electrons. The van der Waals surface area contributed by atoms with Gasteiger partial charge in [0.1, 0.15) is 0 Å². The average molecular weight is 256 g/mol. The second kappa shape index (κ2) is 4.43. The SMILES string of the molecule is OC(Cc1cccc(Br)c1)C1CNC1. The van der Waals surface area contributed by atoms with E-state index < -0.39 is 0 Å². The van der Waals surface area contributed by atoms with Crippen LogP contribution >= 0.6 is 15.9 Å². The van der Waals surface area contributed by atoms with E-state index in [4.69, 9.17) is 0 Å². The number of hydrogen-bond donors (Lipinski definition) is 2. The summed E-state index contributed by atoms with van der Waals surface area (Å²) in [4.78, 5) is 0. The van der Waals surface area contributed by atoms with E-state index in [1.165, 1.54) is 5.56 Å². The normalized spacial score (nSPS) is 19.0. The molecule has 0 amide bonds. The van der Waals surface area contributed by atoms with Gasteiger partial charge in [0.2, 0.25) is 0 Å². The molecule has 0 spiro atoms. The lowest BCUT2D eigenvalue weighted by Crippen LogP contribution is -2.49. The third kappa shape index (κ3) is 2.35. The standard InChI is InChI=1S/C11H14BrNO/c12-10-3-1-2-8(4-10)5-11(14)9-6-13-7-9/h1-4,9,11,13-14H,5-7H2. The maximum Gasteiger partial charge on any atom is 0.0633 e. The highest BCUT2D eigenvalue weighted by atomic mass is 79.9. The van der Waals surface area contributed by atoms with E-state index in [-0.39, 0.29) is 6.10 Å². The molecular weight excluding hydrogens is 242 g/mol. The number of rotatable bonds is 3. The van der Waals surface area contributed by atoms with Crippen LogP contribution < -0.4 is 5.32 Å². The molecule has 3 heteroatoms. The Hall–Kier alpha value is -0.380. The minimum absolute atomic E-state index is 0.203. The molecule has 0 aromatic heterocycles. The summed E-state index contributed by atoms with van der Waals surface area (Å²) in [6, 6.07) is 8.13. The van der Waals surface area contributed by atoms with Crippen molar-refractivity contribution in [1.29, 1.82) is 0 Å². The monoisotopic (exact) mass is 255 g/mol. The molecule has 2 nitrogen and oxygen atoms in total. The quantitative estimate of drug-likeness (QED) is 0.860. The molecule has 1 fully saturated rings. The lowest BCUT2D eigenvalue weighted by atomic mass is 9.92. The Bertz CT molecular complexity index is 312. The van der Waals surface area contributed by atoms with Gasteiger partial charge < -0.3 is 10.4 Å². The molecule has 0 aliphatic carbocycles. The predicted octanol–water partition coefficient (Wildman–Crippen LogP) is 1.57. The minimum Gasteiger partial charge on any atom is -0.392 e. The first-order chi connectivity index (χ1) is 6.75. The molecule has 1 aromatic carbocycles. The smallest absolute Gasteiger partial charge is 0.0633 e. The molecule has 0 radical (unpaired) electrons. The molecule has 0 bridgehead atoms. The highest BCUT2D eigenvalue weighted by Gasteiger charge is 2.24. The van der Waals surface area contributed by atoms with Gasteiger partial charge in [0.15, 0.2) is 0 Å². The molecule has 14 heavy (non-hydrogen) atoms. The topological polar surface area (TPSA) is 32.3 Å². The van der Waals surface area contributed by atoms with E-state index in [1.54, 1.807) is 0 Å². The summed E-state index contributed by atoms with van der Waals surface area (Å²) in [5, 5.41) is 13.0. The van der Waals surface area contributed by atoms with Gasteiger partial charge in [-0.3, -0.25) is 0 Å². The van der Waals surface area contributed by atoms with Gasteiger partial charge in [0, 0.05) is 23.5 Å². The van der Waals surface area contributed by atoms with E-state index in [2.05, 4.69) is 33.4 Å². The Labute approximate surface area is 92.5 Å². The summed E-state index contributed by atoms with van der Waals surface area (Å²) in [6.07, 6.45) is 0.553. The summed E-state index contributed by atoms with van der Waals surface area (Å²) in [6.45, 7) is 1.91. The van der Waals surface area contributed by atoms with Crippen LogP contribution in [0.1, 0.15) is 5.56 Å². The molecule has 0 saturated carbocycles. The zero-order valence-corrected chi connectivity index (χ0v) is 9.50. The Kier molecular flexibility index (Phi) is 3.21. The maximum absolute atomic E-state index is 9.86. The third-order valence-corrected chi connectivity index (χ3v) is 3.18. The highest BCUT2D eigenvalue weighted by Crippen LogP contribution is 2.17. The first kappa shape index (κ1) is 10.1. The molecule has 1 atom stereocenters. The number of nitrogens with one attached hydrogen (secondary N) is 1. The van der Waals surface area contributed by atoms with Crippen molar-refractivity contribution in [3.63, 3.8) is 0 Å². The minimum atomic E-state index is -0.203. The van der Waals surface area contributed by atoms with Crippen LogP contribution in [-0.4, -0.2) is 24.3 Å². The van der Waals surface area contributed by atoms with E-state index >= 15 is 0 Å². The maximum atomic E-state index is 9.86. The van der Waals surface area contributed by atoms with Crippen molar-refractivity contribution >= 4 is 15.9 Å². The van der Waals surface area contributed by atoms with Gasteiger partial charge in [-0.15, -0.1) is 0 Å².